The Labute approximate surface area is 212 Å². The molecule has 0 unspecified atom stereocenters. The summed E-state index contributed by atoms with van der Waals surface area (Å²) in [6.45, 7) is 2.34. The van der Waals surface area contributed by atoms with E-state index in [1.165, 1.54) is 17.5 Å². The molecule has 0 spiro atoms. The first-order valence-corrected chi connectivity index (χ1v) is 12.2. The number of aryl methyl sites for hydroxylation is 2. The van der Waals surface area contributed by atoms with Gasteiger partial charge in [-0.05, 0) is 31.2 Å². The van der Waals surface area contributed by atoms with Gasteiger partial charge in [-0.3, -0.25) is 14.3 Å². The van der Waals surface area contributed by atoms with Crippen LogP contribution in [0.25, 0.3) is 10.1 Å². The van der Waals surface area contributed by atoms with Gasteiger partial charge in [-0.15, -0.1) is 11.3 Å². The van der Waals surface area contributed by atoms with Crippen LogP contribution >= 0.6 is 11.3 Å². The molecule has 0 saturated carbocycles. The fraction of sp³-hybridized carbons (Fsp3) is 0.111. The van der Waals surface area contributed by atoms with Gasteiger partial charge >= 0.3 is 0 Å². The summed E-state index contributed by atoms with van der Waals surface area (Å²) in [5, 5.41) is 15.9. The van der Waals surface area contributed by atoms with Crippen LogP contribution in [0.4, 0.5) is 17.2 Å². The molecule has 2 aromatic carbocycles. The van der Waals surface area contributed by atoms with Gasteiger partial charge in [0, 0.05) is 52.7 Å². The van der Waals surface area contributed by atoms with E-state index in [0.29, 0.717) is 29.2 Å². The van der Waals surface area contributed by atoms with Crippen molar-refractivity contribution < 1.29 is 9.59 Å². The van der Waals surface area contributed by atoms with Crippen LogP contribution in [0.5, 0.6) is 0 Å². The fourth-order valence-corrected chi connectivity index (χ4v) is 4.69. The van der Waals surface area contributed by atoms with Crippen molar-refractivity contribution in [3.05, 3.63) is 101 Å². The van der Waals surface area contributed by atoms with Crippen molar-refractivity contribution in [2.24, 2.45) is 7.05 Å². The molecule has 5 aromatic rings. The van der Waals surface area contributed by atoms with Gasteiger partial charge in [0.25, 0.3) is 11.8 Å². The molecule has 9 heteroatoms. The van der Waals surface area contributed by atoms with Gasteiger partial charge in [-0.2, -0.15) is 5.10 Å². The maximum atomic E-state index is 13.3. The summed E-state index contributed by atoms with van der Waals surface area (Å²) in [6.07, 6.45) is 5.03. The molecule has 0 saturated heterocycles. The van der Waals surface area contributed by atoms with Crippen LogP contribution in [0.15, 0.2) is 78.6 Å². The molecule has 0 aliphatic rings. The number of pyridine rings is 1. The van der Waals surface area contributed by atoms with Gasteiger partial charge in [-0.25, -0.2) is 4.98 Å². The lowest BCUT2D eigenvalue weighted by atomic mass is 10.1. The van der Waals surface area contributed by atoms with E-state index in [9.17, 15) is 9.59 Å². The Balaban J connectivity index is 1.42. The van der Waals surface area contributed by atoms with Crippen molar-refractivity contribution in [2.75, 3.05) is 10.6 Å². The summed E-state index contributed by atoms with van der Waals surface area (Å²) in [6, 6.07) is 17.2. The average molecular weight is 497 g/mol. The minimum Gasteiger partial charge on any atom is -0.348 e. The molecule has 0 aliphatic heterocycles. The van der Waals surface area contributed by atoms with E-state index in [4.69, 9.17) is 0 Å². The zero-order valence-corrected chi connectivity index (χ0v) is 20.6. The van der Waals surface area contributed by atoms with Crippen molar-refractivity contribution in [3.63, 3.8) is 0 Å². The van der Waals surface area contributed by atoms with Gasteiger partial charge in [0.15, 0.2) is 5.82 Å². The molecule has 0 aliphatic carbocycles. The molecular weight excluding hydrogens is 472 g/mol. The van der Waals surface area contributed by atoms with Gasteiger partial charge in [0.05, 0.1) is 23.0 Å². The number of thiophene rings is 1. The lowest BCUT2D eigenvalue weighted by Gasteiger charge is -2.14. The van der Waals surface area contributed by atoms with Gasteiger partial charge < -0.3 is 16.0 Å². The maximum Gasteiger partial charge on any atom is 0.257 e. The van der Waals surface area contributed by atoms with E-state index in [2.05, 4.69) is 26.0 Å². The number of rotatable bonds is 7. The summed E-state index contributed by atoms with van der Waals surface area (Å²) in [4.78, 5) is 30.6. The highest BCUT2D eigenvalue weighted by molar-refractivity contribution is 7.17. The lowest BCUT2D eigenvalue weighted by Crippen LogP contribution is -2.23. The largest absolute Gasteiger partial charge is 0.348 e. The number of anilines is 3. The standard InChI is InChI=1S/C27H24N6O2S/c1-17-7-9-20(10-8-17)31-25-23(32-27(35)22-16-36-24-6-4-3-5-21(22)24)11-19(14-28-25)26(34)29-12-18-13-30-33(2)15-18/h3-11,13-16H,12H2,1-2H3,(H,28,31)(H,29,34)(H,32,35). The van der Waals surface area contributed by atoms with Crippen LogP contribution < -0.4 is 16.0 Å². The fourth-order valence-electron chi connectivity index (χ4n) is 3.75. The highest BCUT2D eigenvalue weighted by Crippen LogP contribution is 2.29. The molecule has 36 heavy (non-hydrogen) atoms. The Morgan fingerprint density at radius 1 is 1.03 bits per heavy atom. The molecule has 0 radical (unpaired) electrons. The number of benzene rings is 2. The number of aromatic nitrogens is 3. The van der Waals surface area contributed by atoms with Crippen molar-refractivity contribution >= 4 is 50.4 Å². The molecule has 0 bridgehead atoms. The average Bonchev–Trinajstić information content (AvgIpc) is 3.51. The normalized spacial score (nSPS) is 10.8. The monoisotopic (exact) mass is 496 g/mol. The minimum absolute atomic E-state index is 0.269. The molecule has 3 heterocycles. The summed E-state index contributed by atoms with van der Waals surface area (Å²) in [5.41, 5.74) is 4.15. The Bertz CT molecular complexity index is 1550. The lowest BCUT2D eigenvalue weighted by molar-refractivity contribution is 0.0949. The van der Waals surface area contributed by atoms with Crippen molar-refractivity contribution in [3.8, 4) is 0 Å². The van der Waals surface area contributed by atoms with E-state index in [0.717, 1.165) is 26.9 Å². The van der Waals surface area contributed by atoms with Crippen LogP contribution in [-0.2, 0) is 13.6 Å². The van der Waals surface area contributed by atoms with Crippen molar-refractivity contribution in [1.82, 2.24) is 20.1 Å². The SMILES string of the molecule is Cc1ccc(Nc2ncc(C(=O)NCc3cnn(C)c3)cc2NC(=O)c2csc3ccccc23)cc1. The van der Waals surface area contributed by atoms with E-state index in [1.807, 2.05) is 74.1 Å². The third-order valence-corrected chi connectivity index (χ3v) is 6.61. The molecule has 5 rings (SSSR count). The second kappa shape index (κ2) is 10.0. The van der Waals surface area contributed by atoms with Crippen molar-refractivity contribution in [1.29, 1.82) is 0 Å². The van der Waals surface area contributed by atoms with Crippen molar-refractivity contribution in [2.45, 2.75) is 13.5 Å². The number of fused-ring (bicyclic) bond motifs is 1. The smallest absolute Gasteiger partial charge is 0.257 e. The van der Waals surface area contributed by atoms with E-state index in [1.54, 1.807) is 16.9 Å². The maximum absolute atomic E-state index is 13.3. The molecule has 0 fully saturated rings. The summed E-state index contributed by atoms with van der Waals surface area (Å²) < 4.78 is 2.71. The van der Waals surface area contributed by atoms with Crippen LogP contribution in [-0.4, -0.2) is 26.6 Å². The van der Waals surface area contributed by atoms with Crippen LogP contribution in [0.3, 0.4) is 0 Å². The number of nitrogens with zero attached hydrogens (tertiary/aromatic N) is 3. The highest BCUT2D eigenvalue weighted by Gasteiger charge is 2.17. The number of nitrogens with one attached hydrogen (secondary N) is 3. The number of hydrogen-bond acceptors (Lipinski definition) is 6. The first kappa shape index (κ1) is 23.3. The number of carbonyl (C=O) groups excluding carboxylic acids is 2. The quantitative estimate of drug-likeness (QED) is 0.285. The number of carbonyl (C=O) groups is 2. The first-order valence-electron chi connectivity index (χ1n) is 11.3. The number of hydrogen-bond donors (Lipinski definition) is 3. The number of amides is 2. The summed E-state index contributed by atoms with van der Waals surface area (Å²) >= 11 is 1.51. The molecule has 8 nitrogen and oxygen atoms in total. The summed E-state index contributed by atoms with van der Waals surface area (Å²) in [7, 11) is 1.82. The Morgan fingerprint density at radius 3 is 2.61 bits per heavy atom. The van der Waals surface area contributed by atoms with Crippen LogP contribution in [0.2, 0.25) is 0 Å². The zero-order chi connectivity index (χ0) is 25.1. The Hall–Kier alpha value is -4.50. The Kier molecular flexibility index (Phi) is 6.46. The van der Waals surface area contributed by atoms with E-state index < -0.39 is 0 Å². The molecule has 2 amide bonds. The first-order chi connectivity index (χ1) is 17.5. The van der Waals surface area contributed by atoms with Gasteiger partial charge in [0.2, 0.25) is 0 Å². The second-order valence-corrected chi connectivity index (χ2v) is 9.33. The molecular formula is C27H24N6O2S. The Morgan fingerprint density at radius 2 is 1.83 bits per heavy atom. The molecule has 3 N–H and O–H groups in total. The van der Waals surface area contributed by atoms with Crippen LogP contribution in [0, 0.1) is 6.92 Å². The topological polar surface area (TPSA) is 101 Å². The molecule has 3 aromatic heterocycles. The predicted molar refractivity (Wildman–Crippen MR) is 143 cm³/mol. The molecule has 0 atom stereocenters. The van der Waals surface area contributed by atoms with E-state index >= 15 is 0 Å². The molecule has 180 valence electrons. The zero-order valence-electron chi connectivity index (χ0n) is 19.8. The third-order valence-electron chi connectivity index (χ3n) is 5.65. The van der Waals surface area contributed by atoms with Gasteiger partial charge in [-0.1, -0.05) is 35.9 Å². The van der Waals surface area contributed by atoms with Gasteiger partial charge in [0.1, 0.15) is 0 Å². The minimum atomic E-state index is -0.301. The highest BCUT2D eigenvalue weighted by atomic mass is 32.1. The predicted octanol–water partition coefficient (Wildman–Crippen LogP) is 5.26. The third kappa shape index (κ3) is 5.11. The second-order valence-electron chi connectivity index (χ2n) is 8.42. The van der Waals surface area contributed by atoms with Crippen LogP contribution in [0.1, 0.15) is 31.8 Å². The summed E-state index contributed by atoms with van der Waals surface area (Å²) in [5.74, 6) is -0.130. The van der Waals surface area contributed by atoms with E-state index in [-0.39, 0.29) is 11.8 Å².